The lowest BCUT2D eigenvalue weighted by molar-refractivity contribution is -0.393. The van der Waals surface area contributed by atoms with Gasteiger partial charge in [-0.15, -0.1) is 0 Å². The number of carbonyl (C=O) groups is 3. The molecule has 0 spiro atoms. The molecule has 2 aromatic rings. The maximum atomic E-state index is 12.2. The lowest BCUT2D eigenvalue weighted by atomic mass is 10.0. The number of benzene rings is 2. The quantitative estimate of drug-likeness (QED) is 0.0517. The van der Waals surface area contributed by atoms with Crippen LogP contribution in [-0.4, -0.2) is 67.3 Å². The molecule has 22 heteroatoms. The molecular weight excluding hydrogens is 680 g/mol. The predicted molar refractivity (Wildman–Crippen MR) is 184 cm³/mol. The Morgan fingerprint density at radius 1 is 0.627 bits per heavy atom. The van der Waals surface area contributed by atoms with Crippen molar-refractivity contribution in [3.05, 3.63) is 64.7 Å². The Bertz CT molecular complexity index is 1680. The highest BCUT2D eigenvalue weighted by atomic mass is 16.6. The normalized spacial score (nSPS) is 12.7. The SMILES string of the molecule is CC(C)C[C@H](Nc1cc(NCCC[C@@H](Nc2cc(N[C@@H](CC(C)C)C(N)=O)c([N+](=O)[O-])cc2[N+](=O)[O-])C(=O)O)c([N+](=O)[O-])cc1[N+](=O)[O-])C(N)=O. The maximum Gasteiger partial charge on any atom is 0.326 e. The predicted octanol–water partition coefficient (Wildman–Crippen LogP) is 3.70. The smallest absolute Gasteiger partial charge is 0.326 e. The summed E-state index contributed by atoms with van der Waals surface area (Å²) in [6.45, 7) is 6.97. The fraction of sp³-hybridized carbons (Fsp3) is 0.483. The van der Waals surface area contributed by atoms with Gasteiger partial charge in [-0.05, 0) is 49.7 Å². The van der Waals surface area contributed by atoms with E-state index in [4.69, 9.17) is 11.5 Å². The summed E-state index contributed by atoms with van der Waals surface area (Å²) in [7, 11) is 0. The van der Waals surface area contributed by atoms with Gasteiger partial charge in [-0.3, -0.25) is 50.0 Å². The molecule has 2 rings (SSSR count). The fourth-order valence-corrected chi connectivity index (χ4v) is 5.03. The zero-order chi connectivity index (χ0) is 38.7. The number of amides is 2. The van der Waals surface area contributed by atoms with Gasteiger partial charge in [0, 0.05) is 6.54 Å². The number of aliphatic carboxylic acids is 1. The molecule has 22 nitrogen and oxygen atoms in total. The van der Waals surface area contributed by atoms with Gasteiger partial charge in [0.2, 0.25) is 11.8 Å². The third kappa shape index (κ3) is 11.6. The minimum absolute atomic E-state index is 0.0395. The molecule has 0 heterocycles. The van der Waals surface area contributed by atoms with Crippen molar-refractivity contribution in [3.63, 3.8) is 0 Å². The molecule has 0 unspecified atom stereocenters. The monoisotopic (exact) mass is 720 g/mol. The number of primary amides is 2. The van der Waals surface area contributed by atoms with E-state index in [1.807, 2.05) is 0 Å². The molecular formula is C29H40N10O12. The molecule has 2 aromatic carbocycles. The third-order valence-corrected chi connectivity index (χ3v) is 7.39. The van der Waals surface area contributed by atoms with Crippen LogP contribution in [0.4, 0.5) is 45.5 Å². The van der Waals surface area contributed by atoms with Crippen LogP contribution < -0.4 is 32.7 Å². The number of hydrogen-bond acceptors (Lipinski definition) is 15. The third-order valence-electron chi connectivity index (χ3n) is 7.39. The second kappa shape index (κ2) is 17.9. The largest absolute Gasteiger partial charge is 0.480 e. The average Bonchev–Trinajstić information content (AvgIpc) is 3.00. The van der Waals surface area contributed by atoms with Gasteiger partial charge in [-0.2, -0.15) is 0 Å². The van der Waals surface area contributed by atoms with Crippen molar-refractivity contribution in [1.82, 2.24) is 0 Å². The molecule has 0 bridgehead atoms. The summed E-state index contributed by atoms with van der Waals surface area (Å²) in [6, 6.07) is -0.364. The van der Waals surface area contributed by atoms with Crippen LogP contribution in [0.1, 0.15) is 53.4 Å². The van der Waals surface area contributed by atoms with Crippen molar-refractivity contribution in [2.24, 2.45) is 23.3 Å². The van der Waals surface area contributed by atoms with E-state index in [0.29, 0.717) is 12.1 Å². The van der Waals surface area contributed by atoms with Crippen molar-refractivity contribution >= 4 is 63.3 Å². The fourth-order valence-electron chi connectivity index (χ4n) is 5.03. The number of nitro groups is 4. The molecule has 0 fully saturated rings. The second-order valence-electron chi connectivity index (χ2n) is 12.4. The molecule has 9 N–H and O–H groups in total. The summed E-state index contributed by atoms with van der Waals surface area (Å²) in [5.74, 6) is -3.25. The van der Waals surface area contributed by atoms with E-state index in [0.717, 1.165) is 12.1 Å². The number of carboxylic acid groups (broad SMARTS) is 1. The van der Waals surface area contributed by atoms with Crippen LogP contribution in [0.5, 0.6) is 0 Å². The Balaban J connectivity index is 2.39. The number of nitrogens with one attached hydrogen (secondary N) is 4. The molecule has 0 aliphatic rings. The summed E-state index contributed by atoms with van der Waals surface area (Å²) in [5.41, 5.74) is 6.74. The Morgan fingerprint density at radius 3 is 1.27 bits per heavy atom. The minimum atomic E-state index is -1.53. The lowest BCUT2D eigenvalue weighted by Gasteiger charge is -2.20. The minimum Gasteiger partial charge on any atom is -0.480 e. The molecule has 0 radical (unpaired) electrons. The Kier molecular flexibility index (Phi) is 14.3. The molecule has 0 saturated carbocycles. The highest BCUT2D eigenvalue weighted by Gasteiger charge is 2.31. The summed E-state index contributed by atoms with van der Waals surface area (Å²) >= 11 is 0. The van der Waals surface area contributed by atoms with Gasteiger partial charge < -0.3 is 37.8 Å². The summed E-state index contributed by atoms with van der Waals surface area (Å²) in [6.07, 6.45) is 0.0672. The number of nitro benzene ring substituents is 4. The Labute approximate surface area is 289 Å². The number of carbonyl (C=O) groups excluding carboxylic acids is 2. The number of rotatable bonds is 22. The molecule has 0 aliphatic carbocycles. The Hall–Kier alpha value is -6.35. The van der Waals surface area contributed by atoms with Gasteiger partial charge >= 0.3 is 5.97 Å². The van der Waals surface area contributed by atoms with Gasteiger partial charge in [0.1, 0.15) is 40.9 Å². The standard InChI is InChI=1S/C29H40N10O12/c1-14(2)8-21(27(30)40)34-18-10-17(23(36(44)45)12-24(18)37(46)47)32-7-5-6-16(29(42)43)33-19-11-20(35-22(28(31)41)9-15(3)4)26(39(50)51)13-25(19)38(48)49/h10-16,21-22,32-35H,5-9H2,1-4H3,(H2,30,40)(H2,31,41)(H,42,43)/t16-,21+,22+/m1/s1. The molecule has 51 heavy (non-hydrogen) atoms. The first kappa shape index (κ1) is 40.8. The van der Waals surface area contributed by atoms with Crippen LogP contribution in [0.15, 0.2) is 24.3 Å². The number of anilines is 4. The van der Waals surface area contributed by atoms with Gasteiger partial charge in [0.15, 0.2) is 0 Å². The molecule has 3 atom stereocenters. The first-order valence-electron chi connectivity index (χ1n) is 15.5. The van der Waals surface area contributed by atoms with Crippen LogP contribution in [-0.2, 0) is 14.4 Å². The van der Waals surface area contributed by atoms with Crippen molar-refractivity contribution in [2.45, 2.75) is 71.5 Å². The number of nitrogens with zero attached hydrogens (tertiary/aromatic N) is 4. The lowest BCUT2D eigenvalue weighted by Crippen LogP contribution is -2.36. The topological polar surface area (TPSA) is 344 Å². The van der Waals surface area contributed by atoms with E-state index in [1.165, 1.54) is 0 Å². The number of hydrogen-bond donors (Lipinski definition) is 7. The van der Waals surface area contributed by atoms with Crippen LogP contribution in [0.25, 0.3) is 0 Å². The zero-order valence-electron chi connectivity index (χ0n) is 28.1. The van der Waals surface area contributed by atoms with Crippen molar-refractivity contribution in [3.8, 4) is 0 Å². The molecule has 0 aromatic heterocycles. The van der Waals surface area contributed by atoms with Crippen LogP contribution in [0.3, 0.4) is 0 Å². The van der Waals surface area contributed by atoms with E-state index in [-0.39, 0.29) is 61.1 Å². The van der Waals surface area contributed by atoms with Gasteiger partial charge in [0.25, 0.3) is 22.7 Å². The highest BCUT2D eigenvalue weighted by Crippen LogP contribution is 2.38. The molecule has 2 amide bonds. The van der Waals surface area contributed by atoms with Crippen molar-refractivity contribution < 1.29 is 39.2 Å². The first-order valence-corrected chi connectivity index (χ1v) is 15.5. The zero-order valence-corrected chi connectivity index (χ0v) is 28.1. The van der Waals surface area contributed by atoms with E-state index < -0.39 is 84.0 Å². The maximum absolute atomic E-state index is 12.2. The van der Waals surface area contributed by atoms with Crippen molar-refractivity contribution in [1.29, 1.82) is 0 Å². The van der Waals surface area contributed by atoms with E-state index >= 15 is 0 Å². The van der Waals surface area contributed by atoms with Crippen LogP contribution in [0, 0.1) is 52.3 Å². The average molecular weight is 721 g/mol. The summed E-state index contributed by atoms with van der Waals surface area (Å²) in [5, 5.41) is 67.6. The van der Waals surface area contributed by atoms with E-state index in [1.54, 1.807) is 27.7 Å². The summed E-state index contributed by atoms with van der Waals surface area (Å²) in [4.78, 5) is 79.8. The van der Waals surface area contributed by atoms with Crippen LogP contribution in [0.2, 0.25) is 0 Å². The van der Waals surface area contributed by atoms with Gasteiger partial charge in [-0.1, -0.05) is 27.7 Å². The highest BCUT2D eigenvalue weighted by molar-refractivity contribution is 5.87. The Morgan fingerprint density at radius 2 is 0.961 bits per heavy atom. The molecule has 0 saturated heterocycles. The van der Waals surface area contributed by atoms with Crippen molar-refractivity contribution in [2.75, 3.05) is 27.8 Å². The van der Waals surface area contributed by atoms with Gasteiger partial charge in [0.05, 0.1) is 31.8 Å². The summed E-state index contributed by atoms with van der Waals surface area (Å²) < 4.78 is 0. The van der Waals surface area contributed by atoms with E-state index in [2.05, 4.69) is 21.3 Å². The van der Waals surface area contributed by atoms with Gasteiger partial charge in [-0.25, -0.2) is 4.79 Å². The number of carboxylic acids is 1. The molecule has 278 valence electrons. The second-order valence-corrected chi connectivity index (χ2v) is 12.4. The molecule has 0 aliphatic heterocycles. The number of nitrogens with two attached hydrogens (primary N) is 2. The van der Waals surface area contributed by atoms with E-state index in [9.17, 15) is 59.9 Å². The first-order chi connectivity index (χ1) is 23.7. The van der Waals surface area contributed by atoms with Crippen LogP contribution >= 0.6 is 0 Å².